The Bertz CT molecular complexity index is 533. The van der Waals surface area contributed by atoms with Gasteiger partial charge < -0.3 is 9.47 Å². The van der Waals surface area contributed by atoms with Gasteiger partial charge in [-0.05, 0) is 12.8 Å². The molecule has 0 fully saturated rings. The van der Waals surface area contributed by atoms with Crippen LogP contribution in [0.4, 0.5) is 0 Å². The van der Waals surface area contributed by atoms with Crippen LogP contribution >= 0.6 is 25.3 Å². The number of hydrogen-bond donors (Lipinski definition) is 2. The Balaban J connectivity index is -0.000000194. The van der Waals surface area contributed by atoms with Crippen molar-refractivity contribution in [3.05, 3.63) is 0 Å². The van der Waals surface area contributed by atoms with Gasteiger partial charge in [-0.1, -0.05) is 221 Å². The number of carbonyl (C=O) groups excluding carboxylic acids is 2. The van der Waals surface area contributed by atoms with E-state index in [9.17, 15) is 9.59 Å². The maximum absolute atomic E-state index is 11.2. The van der Waals surface area contributed by atoms with Gasteiger partial charge in [0.15, 0.2) is 0 Å². The summed E-state index contributed by atoms with van der Waals surface area (Å²) in [5.74, 6) is 1.09. The summed E-state index contributed by atoms with van der Waals surface area (Å²) in [5, 5.41) is 0. The summed E-state index contributed by atoms with van der Waals surface area (Å²) in [6.45, 7) is 14.4. The Morgan fingerprint density at radius 1 is 0.333 bits per heavy atom. The van der Waals surface area contributed by atoms with Crippen LogP contribution in [0, 0.1) is 0 Å². The Morgan fingerprint density at radius 2 is 0.510 bits per heavy atom. The average Bonchev–Trinajstić information content (AvgIpc) is 3.13. The van der Waals surface area contributed by atoms with Crippen LogP contribution in [0.3, 0.4) is 0 Å². The molecule has 4 nitrogen and oxygen atoms in total. The summed E-state index contributed by atoms with van der Waals surface area (Å²) in [6.07, 6.45) is 41.1. The van der Waals surface area contributed by atoms with E-state index in [1.165, 1.54) is 167 Å². The van der Waals surface area contributed by atoms with Crippen molar-refractivity contribution >= 4 is 61.1 Å². The molecule has 0 aromatic rings. The van der Waals surface area contributed by atoms with Crippen LogP contribution in [0.2, 0.25) is 0 Å². The second kappa shape index (κ2) is 62.4. The van der Waals surface area contributed by atoms with Gasteiger partial charge in [-0.2, -0.15) is 25.3 Å². The predicted octanol–water partition coefficient (Wildman–Crippen LogP) is 15.1. The van der Waals surface area contributed by atoms with E-state index < -0.39 is 0 Å². The minimum absolute atomic E-state index is 0. The molecule has 0 N–H and O–H groups in total. The van der Waals surface area contributed by atoms with Gasteiger partial charge in [-0.15, -0.1) is 0 Å². The number of hydrogen-bond acceptors (Lipinski definition) is 6. The molecule has 0 spiro atoms. The van der Waals surface area contributed by atoms with Crippen LogP contribution in [0.15, 0.2) is 0 Å². The van der Waals surface area contributed by atoms with Crippen LogP contribution in [0.25, 0.3) is 0 Å². The molecule has 0 rings (SSSR count). The van der Waals surface area contributed by atoms with E-state index in [0.717, 1.165) is 25.7 Å². The molecule has 0 saturated heterocycles. The van der Waals surface area contributed by atoms with Gasteiger partial charge in [0.2, 0.25) is 0 Å². The summed E-state index contributed by atoms with van der Waals surface area (Å²) >= 11 is 7.98. The van der Waals surface area contributed by atoms with Gasteiger partial charge in [0.05, 0.1) is 0 Å². The number of esters is 2. The molecule has 51 heavy (non-hydrogen) atoms. The van der Waals surface area contributed by atoms with Crippen LogP contribution in [0.5, 0.6) is 0 Å². The molecule has 0 unspecified atom stereocenters. The molecule has 0 saturated carbocycles. The molecule has 7 heteroatoms. The Hall–Kier alpha value is 0.439. The van der Waals surface area contributed by atoms with E-state index in [4.69, 9.17) is 9.47 Å². The zero-order valence-electron chi connectivity index (χ0n) is 35.5. The third-order valence-electron chi connectivity index (χ3n) is 8.59. The van der Waals surface area contributed by atoms with Gasteiger partial charge in [-0.3, -0.25) is 9.59 Å². The molecule has 0 aromatic carbocycles. The van der Waals surface area contributed by atoms with Crippen LogP contribution < -0.4 is 0 Å². The predicted molar refractivity (Wildman–Crippen MR) is 237 cm³/mol. The Kier molecular flexibility index (Phi) is 74.3. The standard InChI is InChI=1S/2C14H28O2S.2C8H18.Sn/c2*1-2-3-4-5-6-7-8-9-10-11-14(15)16-12-13-17;2*1-3-5-7-8-6-4-2;/h2*17H,2-13H2,1H3;2*3-8H2,1-2H3;. The molecular weight excluding hydrogens is 775 g/mol. The number of unbranched alkanes of at least 4 members (excludes halogenated alkanes) is 26. The van der Waals surface area contributed by atoms with E-state index in [1.807, 2.05) is 0 Å². The first-order valence-electron chi connectivity index (χ1n) is 22.0. The molecule has 0 aliphatic carbocycles. The van der Waals surface area contributed by atoms with E-state index in [1.54, 1.807) is 0 Å². The van der Waals surface area contributed by atoms with E-state index in [2.05, 4.69) is 66.8 Å². The zero-order chi connectivity index (χ0) is 38.0. The quantitative estimate of drug-likeness (QED) is 0.0293. The second-order valence-electron chi connectivity index (χ2n) is 13.9. The molecular formula is C44H92O4S2Sn. The second-order valence-corrected chi connectivity index (χ2v) is 14.8. The van der Waals surface area contributed by atoms with Crippen molar-refractivity contribution in [2.75, 3.05) is 24.7 Å². The molecule has 308 valence electrons. The fourth-order valence-electron chi connectivity index (χ4n) is 5.33. The summed E-state index contributed by atoms with van der Waals surface area (Å²) in [5.41, 5.74) is 0. The molecule has 0 bridgehead atoms. The molecule has 0 atom stereocenters. The summed E-state index contributed by atoms with van der Waals surface area (Å²) in [7, 11) is 0. The fraction of sp³-hybridized carbons (Fsp3) is 0.955. The Morgan fingerprint density at radius 3 is 0.686 bits per heavy atom. The van der Waals surface area contributed by atoms with Gasteiger partial charge in [0, 0.05) is 48.3 Å². The largest absolute Gasteiger partial charge is 0.465 e. The number of ether oxygens (including phenoxy) is 2. The van der Waals surface area contributed by atoms with Crippen molar-refractivity contribution in [2.45, 2.75) is 247 Å². The van der Waals surface area contributed by atoms with Gasteiger partial charge >= 0.3 is 11.9 Å². The first-order chi connectivity index (χ1) is 24.4. The minimum Gasteiger partial charge on any atom is -0.465 e. The number of thiol groups is 2. The minimum atomic E-state index is -0.0676. The SMILES string of the molecule is CCCCCCCC.CCCCCCCC.CCCCCCCCCCCC(=O)OCCS.CCCCCCCCCCCC(=O)OCCS.[Sn]. The molecule has 0 aliphatic rings. The average molecular weight is 868 g/mol. The normalized spacial score (nSPS) is 10.0. The van der Waals surface area contributed by atoms with Crippen molar-refractivity contribution in [2.24, 2.45) is 0 Å². The van der Waals surface area contributed by atoms with Crippen LogP contribution in [0.1, 0.15) is 247 Å². The molecule has 0 aliphatic heterocycles. The maximum atomic E-state index is 11.2. The zero-order valence-corrected chi connectivity index (χ0v) is 40.1. The van der Waals surface area contributed by atoms with Crippen molar-refractivity contribution in [1.82, 2.24) is 0 Å². The monoisotopic (exact) mass is 869 g/mol. The first-order valence-corrected chi connectivity index (χ1v) is 23.2. The topological polar surface area (TPSA) is 52.6 Å². The third kappa shape index (κ3) is 72.4. The molecule has 0 aromatic heterocycles. The van der Waals surface area contributed by atoms with Crippen molar-refractivity contribution in [1.29, 1.82) is 0 Å². The van der Waals surface area contributed by atoms with Crippen molar-refractivity contribution < 1.29 is 19.1 Å². The van der Waals surface area contributed by atoms with Crippen molar-refractivity contribution in [3.63, 3.8) is 0 Å². The molecule has 4 radical (unpaired) electrons. The first kappa shape index (κ1) is 60.7. The van der Waals surface area contributed by atoms with E-state index in [-0.39, 0.29) is 35.8 Å². The number of carbonyl (C=O) groups is 2. The summed E-state index contributed by atoms with van der Waals surface area (Å²) in [4.78, 5) is 22.3. The van der Waals surface area contributed by atoms with Gasteiger partial charge in [0.1, 0.15) is 13.2 Å². The molecule has 0 heterocycles. The summed E-state index contributed by atoms with van der Waals surface area (Å²) in [6, 6.07) is 0. The van der Waals surface area contributed by atoms with Gasteiger partial charge in [-0.25, -0.2) is 0 Å². The smallest absolute Gasteiger partial charge is 0.305 e. The van der Waals surface area contributed by atoms with Gasteiger partial charge in [0.25, 0.3) is 0 Å². The third-order valence-corrected chi connectivity index (χ3v) is 8.96. The summed E-state index contributed by atoms with van der Waals surface area (Å²) < 4.78 is 9.90. The fourth-order valence-corrected chi connectivity index (χ4v) is 5.51. The maximum Gasteiger partial charge on any atom is 0.305 e. The van der Waals surface area contributed by atoms with E-state index in [0.29, 0.717) is 37.6 Å². The van der Waals surface area contributed by atoms with Crippen LogP contribution in [-0.2, 0) is 19.1 Å². The van der Waals surface area contributed by atoms with Crippen LogP contribution in [-0.4, -0.2) is 60.6 Å². The Labute approximate surface area is 349 Å². The number of rotatable bonds is 34. The van der Waals surface area contributed by atoms with Crippen molar-refractivity contribution in [3.8, 4) is 0 Å². The molecule has 0 amide bonds. The van der Waals surface area contributed by atoms with E-state index >= 15 is 0 Å².